The van der Waals surface area contributed by atoms with Gasteiger partial charge in [0, 0.05) is 11.5 Å². The van der Waals surface area contributed by atoms with Gasteiger partial charge in [-0.2, -0.15) is 5.26 Å². The highest BCUT2D eigenvalue weighted by atomic mass is 32.2. The summed E-state index contributed by atoms with van der Waals surface area (Å²) in [6.07, 6.45) is 0. The number of nitriles is 1. The van der Waals surface area contributed by atoms with E-state index < -0.39 is 5.41 Å². The van der Waals surface area contributed by atoms with Crippen LogP contribution in [0.3, 0.4) is 0 Å². The van der Waals surface area contributed by atoms with Crippen molar-refractivity contribution in [1.82, 2.24) is 0 Å². The second-order valence-corrected chi connectivity index (χ2v) is 8.61. The number of allylic oxidation sites excluding steroid dienone is 1. The average Bonchev–Trinajstić information content (AvgIpc) is 3.28. The van der Waals surface area contributed by atoms with Crippen LogP contribution in [0.2, 0.25) is 0 Å². The zero-order chi connectivity index (χ0) is 16.1. The van der Waals surface area contributed by atoms with E-state index >= 15 is 0 Å². The van der Waals surface area contributed by atoms with Gasteiger partial charge in [0.1, 0.15) is 0 Å². The third kappa shape index (κ3) is 3.51. The van der Waals surface area contributed by atoms with Crippen LogP contribution in [-0.4, -0.2) is 11.5 Å². The molecule has 2 heterocycles. The van der Waals surface area contributed by atoms with E-state index in [1.165, 1.54) is 0 Å². The van der Waals surface area contributed by atoms with Gasteiger partial charge in [0.15, 0.2) is 0 Å². The number of benzene rings is 1. The first-order chi connectivity index (χ1) is 11.2. The van der Waals surface area contributed by atoms with Crippen molar-refractivity contribution < 1.29 is 0 Å². The monoisotopic (exact) mass is 353 g/mol. The van der Waals surface area contributed by atoms with Gasteiger partial charge < -0.3 is 0 Å². The fourth-order valence-electron chi connectivity index (χ4n) is 2.40. The molecule has 1 aromatic carbocycles. The molecule has 1 aliphatic rings. The minimum absolute atomic E-state index is 0.584. The normalized spacial score (nSPS) is 16.1. The maximum atomic E-state index is 9.84. The van der Waals surface area contributed by atoms with Gasteiger partial charge in [-0.25, -0.2) is 0 Å². The quantitative estimate of drug-likeness (QED) is 0.543. The van der Waals surface area contributed by atoms with Crippen LogP contribution < -0.4 is 0 Å². The molecule has 0 aliphatic carbocycles. The number of hydrogen-bond acceptors (Lipinski definition) is 4. The molecule has 3 rings (SSSR count). The second-order valence-electron chi connectivity index (χ2n) is 5.19. The lowest BCUT2D eigenvalue weighted by Gasteiger charge is -2.25. The van der Waals surface area contributed by atoms with E-state index in [1.807, 2.05) is 35.7 Å². The van der Waals surface area contributed by atoms with Crippen LogP contribution in [0.15, 0.2) is 57.7 Å². The Morgan fingerprint density at radius 2 is 1.83 bits per heavy atom. The lowest BCUT2D eigenvalue weighted by molar-refractivity contribution is 0.756. The molecule has 2 aromatic rings. The summed E-state index contributed by atoms with van der Waals surface area (Å²) in [6.45, 7) is 2.06. The molecule has 1 nitrogen and oxygen atoms in total. The van der Waals surface area contributed by atoms with Crippen molar-refractivity contribution in [3.63, 3.8) is 0 Å². The first-order valence-corrected chi connectivity index (χ1v) is 10.1. The Bertz CT molecular complexity index is 796. The van der Waals surface area contributed by atoms with E-state index in [9.17, 15) is 5.26 Å². The van der Waals surface area contributed by atoms with Crippen molar-refractivity contribution in [2.75, 3.05) is 11.5 Å². The summed E-state index contributed by atoms with van der Waals surface area (Å²) in [5.41, 5.74) is 1.26. The van der Waals surface area contributed by atoms with Gasteiger partial charge in [-0.1, -0.05) is 48.2 Å². The minimum atomic E-state index is -0.584. The summed E-state index contributed by atoms with van der Waals surface area (Å²) in [6, 6.07) is 16.6. The molecule has 0 bridgehead atoms. The summed E-state index contributed by atoms with van der Waals surface area (Å²) < 4.78 is 1.12. The highest BCUT2D eigenvalue weighted by molar-refractivity contribution is 8.25. The van der Waals surface area contributed by atoms with Crippen molar-refractivity contribution in [3.8, 4) is 17.9 Å². The molecule has 4 heteroatoms. The largest absolute Gasteiger partial charge is 0.193 e. The van der Waals surface area contributed by atoms with E-state index in [4.69, 9.17) is 0 Å². The van der Waals surface area contributed by atoms with Crippen LogP contribution in [0.4, 0.5) is 0 Å². The van der Waals surface area contributed by atoms with Gasteiger partial charge in [0.25, 0.3) is 0 Å². The van der Waals surface area contributed by atoms with E-state index in [-0.39, 0.29) is 0 Å². The molecule has 1 saturated heterocycles. The highest BCUT2D eigenvalue weighted by Crippen LogP contribution is 2.44. The Morgan fingerprint density at radius 3 is 2.43 bits per heavy atom. The molecule has 1 atom stereocenters. The van der Waals surface area contributed by atoms with Gasteiger partial charge >= 0.3 is 0 Å². The zero-order valence-electron chi connectivity index (χ0n) is 12.7. The summed E-state index contributed by atoms with van der Waals surface area (Å²) in [4.78, 5) is 1.03. The molecule has 0 amide bonds. The Hall–Kier alpha value is -1.59. The summed E-state index contributed by atoms with van der Waals surface area (Å²) in [7, 11) is 0. The van der Waals surface area contributed by atoms with E-state index in [1.54, 1.807) is 34.9 Å². The smallest absolute Gasteiger partial charge is 0.0984 e. The molecule has 0 N–H and O–H groups in total. The standard InChI is InChI=1S/C19H15NS3/c1-19(15-6-3-2-4-7-15,10-9-16-8-5-11-21-16)17(14-20)18-22-12-13-23-18/h2-8,11H,12-13H2,1H3. The van der Waals surface area contributed by atoms with Crippen LogP contribution in [0.1, 0.15) is 17.4 Å². The Kier molecular flexibility index (Phi) is 5.18. The summed E-state index contributed by atoms with van der Waals surface area (Å²) in [5.74, 6) is 8.79. The molecule has 1 aliphatic heterocycles. The summed E-state index contributed by atoms with van der Waals surface area (Å²) in [5, 5.41) is 11.9. The second kappa shape index (κ2) is 7.32. The van der Waals surface area contributed by atoms with Crippen LogP contribution in [-0.2, 0) is 5.41 Å². The molecule has 1 fully saturated rings. The van der Waals surface area contributed by atoms with Crippen molar-refractivity contribution in [2.45, 2.75) is 12.3 Å². The van der Waals surface area contributed by atoms with Gasteiger partial charge in [0.2, 0.25) is 0 Å². The fraction of sp³-hybridized carbons (Fsp3) is 0.211. The number of hydrogen-bond donors (Lipinski definition) is 0. The maximum Gasteiger partial charge on any atom is 0.0984 e. The number of thioether (sulfide) groups is 2. The molecule has 1 unspecified atom stereocenters. The van der Waals surface area contributed by atoms with Gasteiger partial charge in [-0.15, -0.1) is 34.9 Å². The Balaban J connectivity index is 2.14. The third-order valence-corrected chi connectivity index (χ3v) is 7.17. The molecular weight excluding hydrogens is 338 g/mol. The van der Waals surface area contributed by atoms with Crippen LogP contribution in [0, 0.1) is 23.2 Å². The van der Waals surface area contributed by atoms with E-state index in [0.717, 1.165) is 31.8 Å². The Morgan fingerprint density at radius 1 is 1.09 bits per heavy atom. The SMILES string of the molecule is CC(C#Cc1cccs1)(C(C#N)=C1SCCS1)c1ccccc1. The number of nitrogens with zero attached hydrogens (tertiary/aromatic N) is 1. The minimum Gasteiger partial charge on any atom is -0.193 e. The van der Waals surface area contributed by atoms with Crippen molar-refractivity contribution >= 4 is 34.9 Å². The molecule has 1 aromatic heterocycles. The van der Waals surface area contributed by atoms with Crippen LogP contribution in [0.25, 0.3) is 0 Å². The van der Waals surface area contributed by atoms with E-state index in [2.05, 4.69) is 37.0 Å². The first kappa shape index (κ1) is 16.3. The number of rotatable bonds is 2. The first-order valence-electron chi connectivity index (χ1n) is 7.27. The van der Waals surface area contributed by atoms with Crippen molar-refractivity contribution in [1.29, 1.82) is 5.26 Å². The van der Waals surface area contributed by atoms with Crippen molar-refractivity contribution in [3.05, 3.63) is 68.1 Å². The highest BCUT2D eigenvalue weighted by Gasteiger charge is 2.33. The lowest BCUT2D eigenvalue weighted by Crippen LogP contribution is -2.23. The third-order valence-electron chi connectivity index (χ3n) is 3.67. The van der Waals surface area contributed by atoms with Gasteiger partial charge in [-0.05, 0) is 23.9 Å². The maximum absolute atomic E-state index is 9.84. The lowest BCUT2D eigenvalue weighted by atomic mass is 9.77. The molecule has 0 radical (unpaired) electrons. The van der Waals surface area contributed by atoms with E-state index in [0.29, 0.717) is 0 Å². The van der Waals surface area contributed by atoms with Crippen LogP contribution in [0.5, 0.6) is 0 Å². The van der Waals surface area contributed by atoms with Gasteiger partial charge in [0.05, 0.1) is 26.2 Å². The number of thiophene rings is 1. The predicted molar refractivity (Wildman–Crippen MR) is 103 cm³/mol. The zero-order valence-corrected chi connectivity index (χ0v) is 15.2. The topological polar surface area (TPSA) is 23.8 Å². The molecule has 114 valence electrons. The molecule has 0 spiro atoms. The fourth-order valence-corrected chi connectivity index (χ4v) is 5.63. The van der Waals surface area contributed by atoms with Crippen LogP contribution >= 0.6 is 34.9 Å². The molecule has 23 heavy (non-hydrogen) atoms. The van der Waals surface area contributed by atoms with Gasteiger partial charge in [-0.3, -0.25) is 0 Å². The molecule has 0 saturated carbocycles. The summed E-state index contributed by atoms with van der Waals surface area (Å²) >= 11 is 5.18. The average molecular weight is 354 g/mol. The molecular formula is C19H15NS3. The van der Waals surface area contributed by atoms with Crippen molar-refractivity contribution in [2.24, 2.45) is 0 Å². The predicted octanol–water partition coefficient (Wildman–Crippen LogP) is 5.27. The Labute approximate surface area is 149 Å².